The van der Waals surface area contributed by atoms with Crippen molar-refractivity contribution in [1.29, 1.82) is 0 Å². The van der Waals surface area contributed by atoms with Crippen LogP contribution < -0.4 is 0 Å². The summed E-state index contributed by atoms with van der Waals surface area (Å²) < 4.78 is 0. The molecular formula is C14H23N. The zero-order valence-corrected chi connectivity index (χ0v) is 10.7. The Bertz CT molecular complexity index is 277. The molecule has 0 saturated heterocycles. The van der Waals surface area contributed by atoms with Crippen LogP contribution in [0.3, 0.4) is 0 Å². The molecule has 1 aliphatic heterocycles. The predicted molar refractivity (Wildman–Crippen MR) is 67.9 cm³/mol. The van der Waals surface area contributed by atoms with Gasteiger partial charge in [0, 0.05) is 18.5 Å². The first-order chi connectivity index (χ1) is 7.07. The van der Waals surface area contributed by atoms with Gasteiger partial charge in [0.1, 0.15) is 0 Å². The monoisotopic (exact) mass is 205 g/mol. The van der Waals surface area contributed by atoms with E-state index in [9.17, 15) is 0 Å². The summed E-state index contributed by atoms with van der Waals surface area (Å²) in [5.74, 6) is 0. The number of allylic oxidation sites excluding steroid dienone is 2. The van der Waals surface area contributed by atoms with Gasteiger partial charge >= 0.3 is 0 Å². The number of nitrogens with zero attached hydrogens (tertiary/aromatic N) is 1. The lowest BCUT2D eigenvalue weighted by molar-refractivity contribution is 0.427. The molecule has 1 nitrogen and oxygen atoms in total. The standard InChI is InChI=1S/C12H17N.C2H6/c1-12(2)6-4-10-8-13(3)9-11(10)5-7-12;1-2/h4-7H,8-9H2,1-3H3;1-2H3. The van der Waals surface area contributed by atoms with E-state index in [4.69, 9.17) is 0 Å². The fourth-order valence-electron chi connectivity index (χ4n) is 1.85. The van der Waals surface area contributed by atoms with Crippen molar-refractivity contribution in [2.45, 2.75) is 27.7 Å². The number of hydrogen-bond donors (Lipinski definition) is 0. The Labute approximate surface area is 94.2 Å². The highest BCUT2D eigenvalue weighted by molar-refractivity contribution is 5.42. The molecule has 0 fully saturated rings. The molecule has 15 heavy (non-hydrogen) atoms. The van der Waals surface area contributed by atoms with Gasteiger partial charge in [0.25, 0.3) is 0 Å². The van der Waals surface area contributed by atoms with Crippen LogP contribution in [0.1, 0.15) is 27.7 Å². The van der Waals surface area contributed by atoms with Gasteiger partial charge in [-0.3, -0.25) is 4.90 Å². The molecule has 0 amide bonds. The third-order valence-corrected chi connectivity index (χ3v) is 2.72. The Balaban J connectivity index is 0.000000531. The van der Waals surface area contributed by atoms with E-state index in [-0.39, 0.29) is 5.41 Å². The molecule has 2 aliphatic rings. The lowest BCUT2D eigenvalue weighted by atomic mass is 9.93. The quantitative estimate of drug-likeness (QED) is 0.586. The zero-order valence-electron chi connectivity index (χ0n) is 10.7. The highest BCUT2D eigenvalue weighted by Crippen LogP contribution is 2.28. The lowest BCUT2D eigenvalue weighted by Gasteiger charge is -2.14. The average Bonchev–Trinajstić information content (AvgIpc) is 2.50. The topological polar surface area (TPSA) is 3.24 Å². The van der Waals surface area contributed by atoms with Crippen molar-refractivity contribution in [2.24, 2.45) is 5.41 Å². The van der Waals surface area contributed by atoms with E-state index in [1.54, 1.807) is 0 Å². The molecule has 0 aromatic heterocycles. The minimum absolute atomic E-state index is 0.225. The van der Waals surface area contributed by atoms with Gasteiger partial charge in [0.05, 0.1) is 0 Å². The molecular weight excluding hydrogens is 182 g/mol. The van der Waals surface area contributed by atoms with Gasteiger partial charge in [0.2, 0.25) is 0 Å². The summed E-state index contributed by atoms with van der Waals surface area (Å²) >= 11 is 0. The van der Waals surface area contributed by atoms with Crippen LogP contribution in [-0.2, 0) is 0 Å². The number of hydrogen-bond acceptors (Lipinski definition) is 1. The second-order valence-electron chi connectivity index (χ2n) is 4.71. The van der Waals surface area contributed by atoms with Crippen molar-refractivity contribution in [3.8, 4) is 0 Å². The first-order valence-electron chi connectivity index (χ1n) is 5.86. The molecule has 0 atom stereocenters. The highest BCUT2D eigenvalue weighted by Gasteiger charge is 2.19. The Morgan fingerprint density at radius 2 is 1.40 bits per heavy atom. The van der Waals surface area contributed by atoms with E-state index in [0.717, 1.165) is 13.1 Å². The summed E-state index contributed by atoms with van der Waals surface area (Å²) in [6.45, 7) is 10.7. The van der Waals surface area contributed by atoms with Crippen LogP contribution in [0.15, 0.2) is 35.5 Å². The zero-order chi connectivity index (χ0) is 11.5. The predicted octanol–water partition coefficient (Wildman–Crippen LogP) is 3.41. The van der Waals surface area contributed by atoms with Gasteiger partial charge in [-0.25, -0.2) is 0 Å². The van der Waals surface area contributed by atoms with Crippen LogP contribution >= 0.6 is 0 Å². The van der Waals surface area contributed by atoms with Crippen LogP contribution in [0.2, 0.25) is 0 Å². The van der Waals surface area contributed by atoms with Crippen molar-refractivity contribution in [2.75, 3.05) is 20.1 Å². The summed E-state index contributed by atoms with van der Waals surface area (Å²) in [6.07, 6.45) is 9.17. The van der Waals surface area contributed by atoms with Gasteiger partial charge < -0.3 is 0 Å². The first kappa shape index (κ1) is 12.3. The third-order valence-electron chi connectivity index (χ3n) is 2.72. The number of rotatable bonds is 0. The van der Waals surface area contributed by atoms with Crippen LogP contribution in [0.4, 0.5) is 0 Å². The summed E-state index contributed by atoms with van der Waals surface area (Å²) in [4.78, 5) is 2.34. The Morgan fingerprint density at radius 3 is 1.80 bits per heavy atom. The third kappa shape index (κ3) is 3.07. The van der Waals surface area contributed by atoms with E-state index in [1.807, 2.05) is 13.8 Å². The fraction of sp³-hybridized carbons (Fsp3) is 0.571. The molecule has 0 aromatic carbocycles. The Hall–Kier alpha value is -0.820. The van der Waals surface area contributed by atoms with Crippen LogP contribution in [0, 0.1) is 5.41 Å². The highest BCUT2D eigenvalue weighted by atomic mass is 15.1. The fourth-order valence-corrected chi connectivity index (χ4v) is 1.85. The Kier molecular flexibility index (Phi) is 3.92. The van der Waals surface area contributed by atoms with Gasteiger partial charge in [-0.2, -0.15) is 0 Å². The van der Waals surface area contributed by atoms with E-state index in [2.05, 4.69) is 50.1 Å². The SMILES string of the molecule is CC.CN1CC2=C(C=CC(C)(C)C=C2)C1. The molecule has 0 bridgehead atoms. The Morgan fingerprint density at radius 1 is 1.00 bits per heavy atom. The van der Waals surface area contributed by atoms with E-state index < -0.39 is 0 Å². The maximum atomic E-state index is 2.34. The average molecular weight is 205 g/mol. The van der Waals surface area contributed by atoms with Gasteiger partial charge in [0.15, 0.2) is 0 Å². The molecule has 0 spiro atoms. The second kappa shape index (κ2) is 4.80. The molecule has 84 valence electrons. The second-order valence-corrected chi connectivity index (χ2v) is 4.71. The summed E-state index contributed by atoms with van der Waals surface area (Å²) in [7, 11) is 2.17. The van der Waals surface area contributed by atoms with Gasteiger partial charge in [-0.05, 0) is 18.2 Å². The van der Waals surface area contributed by atoms with Gasteiger partial charge in [-0.1, -0.05) is 52.0 Å². The minimum atomic E-state index is 0.225. The maximum absolute atomic E-state index is 2.34. The van der Waals surface area contributed by atoms with Crippen LogP contribution in [0.5, 0.6) is 0 Å². The molecule has 1 heterocycles. The van der Waals surface area contributed by atoms with Crippen molar-refractivity contribution in [3.05, 3.63) is 35.5 Å². The normalized spacial score (nSPS) is 23.3. The molecule has 0 unspecified atom stereocenters. The molecule has 0 saturated carbocycles. The first-order valence-corrected chi connectivity index (χ1v) is 5.86. The van der Waals surface area contributed by atoms with Crippen molar-refractivity contribution in [3.63, 3.8) is 0 Å². The maximum Gasteiger partial charge on any atom is 0.0237 e. The lowest BCUT2D eigenvalue weighted by Crippen LogP contribution is -2.14. The molecule has 2 rings (SSSR count). The van der Waals surface area contributed by atoms with Crippen molar-refractivity contribution < 1.29 is 0 Å². The van der Waals surface area contributed by atoms with E-state index in [0.29, 0.717) is 0 Å². The van der Waals surface area contributed by atoms with Crippen LogP contribution in [0.25, 0.3) is 0 Å². The summed E-state index contributed by atoms with van der Waals surface area (Å²) in [5.41, 5.74) is 3.21. The van der Waals surface area contributed by atoms with E-state index >= 15 is 0 Å². The number of likely N-dealkylation sites (N-methyl/N-ethyl adjacent to an activating group) is 1. The molecule has 1 aliphatic carbocycles. The molecule has 0 aromatic rings. The van der Waals surface area contributed by atoms with Gasteiger partial charge in [-0.15, -0.1) is 0 Å². The van der Waals surface area contributed by atoms with Crippen molar-refractivity contribution >= 4 is 0 Å². The smallest absolute Gasteiger partial charge is 0.0237 e. The molecule has 0 N–H and O–H groups in total. The minimum Gasteiger partial charge on any atom is -0.298 e. The molecule has 0 radical (unpaired) electrons. The molecule has 1 heteroatoms. The van der Waals surface area contributed by atoms with E-state index in [1.165, 1.54) is 11.1 Å². The summed E-state index contributed by atoms with van der Waals surface area (Å²) in [5, 5.41) is 0. The van der Waals surface area contributed by atoms with Crippen molar-refractivity contribution in [1.82, 2.24) is 4.90 Å². The van der Waals surface area contributed by atoms with Crippen LogP contribution in [-0.4, -0.2) is 25.0 Å². The summed E-state index contributed by atoms with van der Waals surface area (Å²) in [6, 6.07) is 0. The largest absolute Gasteiger partial charge is 0.298 e.